The van der Waals surface area contributed by atoms with Crippen molar-refractivity contribution in [3.8, 4) is 0 Å². The van der Waals surface area contributed by atoms with E-state index in [2.05, 4.69) is 23.8 Å². The summed E-state index contributed by atoms with van der Waals surface area (Å²) in [5.74, 6) is 0.450. The Labute approximate surface area is 101 Å². The fraction of sp³-hybridized carbons (Fsp3) is 0.667. The summed E-state index contributed by atoms with van der Waals surface area (Å²) in [5.41, 5.74) is 0.926. The van der Waals surface area contributed by atoms with Gasteiger partial charge in [0.15, 0.2) is 0 Å². The van der Waals surface area contributed by atoms with Crippen LogP contribution in [0.15, 0.2) is 0 Å². The minimum atomic E-state index is -0.891. The number of nitrogens with zero attached hydrogens (tertiary/aromatic N) is 3. The average molecular weight is 237 g/mol. The topological polar surface area (TPSA) is 58.4 Å². The molecule has 1 saturated heterocycles. The molecular weight excluding hydrogens is 218 g/mol. The van der Waals surface area contributed by atoms with Crippen molar-refractivity contribution in [2.24, 2.45) is 13.0 Å². The molecule has 0 spiro atoms. The lowest BCUT2D eigenvalue weighted by atomic mass is 10.1. The molecule has 5 nitrogen and oxygen atoms in total. The van der Waals surface area contributed by atoms with Crippen molar-refractivity contribution in [3.63, 3.8) is 0 Å². The standard InChI is InChI=1S/C12H19N3O2/c1-7-5-8(2)15(6-7)11-10(12(16)17)9(3)13-14(11)4/h7-8H,5-6H2,1-4H3,(H,16,17). The smallest absolute Gasteiger partial charge is 0.341 e. The molecule has 1 aromatic heterocycles. The number of anilines is 1. The quantitative estimate of drug-likeness (QED) is 0.850. The minimum absolute atomic E-state index is 0.341. The fourth-order valence-electron chi connectivity index (χ4n) is 2.82. The Morgan fingerprint density at radius 1 is 1.47 bits per heavy atom. The first-order valence-electron chi connectivity index (χ1n) is 5.95. The summed E-state index contributed by atoms with van der Waals surface area (Å²) in [7, 11) is 1.81. The van der Waals surface area contributed by atoms with Gasteiger partial charge in [0.05, 0.1) is 5.69 Å². The van der Waals surface area contributed by atoms with E-state index in [0.717, 1.165) is 18.8 Å². The molecule has 2 rings (SSSR count). The summed E-state index contributed by atoms with van der Waals surface area (Å²) in [6.07, 6.45) is 1.10. The second kappa shape index (κ2) is 4.05. The van der Waals surface area contributed by atoms with Crippen molar-refractivity contribution in [3.05, 3.63) is 11.3 Å². The number of aromatic carboxylic acids is 1. The number of carboxylic acids is 1. The van der Waals surface area contributed by atoms with E-state index in [1.54, 1.807) is 11.6 Å². The van der Waals surface area contributed by atoms with E-state index < -0.39 is 5.97 Å². The molecule has 2 atom stereocenters. The van der Waals surface area contributed by atoms with Crippen molar-refractivity contribution in [2.75, 3.05) is 11.4 Å². The van der Waals surface area contributed by atoms with Gasteiger partial charge >= 0.3 is 5.97 Å². The molecule has 94 valence electrons. The lowest BCUT2D eigenvalue weighted by molar-refractivity contribution is 0.0696. The molecule has 1 aromatic rings. The van der Waals surface area contributed by atoms with Crippen LogP contribution in [0.25, 0.3) is 0 Å². The van der Waals surface area contributed by atoms with Crippen LogP contribution < -0.4 is 4.90 Å². The molecule has 2 unspecified atom stereocenters. The maximum Gasteiger partial charge on any atom is 0.341 e. The molecule has 1 fully saturated rings. The predicted molar refractivity (Wildman–Crippen MR) is 65.5 cm³/mol. The molecule has 0 amide bonds. The number of rotatable bonds is 2. The first kappa shape index (κ1) is 12.0. The molecule has 0 bridgehead atoms. The van der Waals surface area contributed by atoms with E-state index >= 15 is 0 Å². The molecule has 0 radical (unpaired) electrons. The SMILES string of the molecule is Cc1nn(C)c(N2CC(C)CC2C)c1C(=O)O. The van der Waals surface area contributed by atoms with Gasteiger partial charge in [0.25, 0.3) is 0 Å². The normalized spacial score (nSPS) is 24.4. The van der Waals surface area contributed by atoms with E-state index in [1.807, 2.05) is 7.05 Å². The Morgan fingerprint density at radius 3 is 2.59 bits per heavy atom. The van der Waals surface area contributed by atoms with Gasteiger partial charge in [-0.05, 0) is 26.2 Å². The predicted octanol–water partition coefficient (Wildman–Crippen LogP) is 1.66. The van der Waals surface area contributed by atoms with Crippen molar-refractivity contribution in [1.82, 2.24) is 9.78 Å². The molecule has 0 saturated carbocycles. The van der Waals surface area contributed by atoms with Crippen LogP contribution in [0, 0.1) is 12.8 Å². The van der Waals surface area contributed by atoms with E-state index in [-0.39, 0.29) is 0 Å². The summed E-state index contributed by atoms with van der Waals surface area (Å²) < 4.78 is 1.69. The van der Waals surface area contributed by atoms with E-state index in [1.165, 1.54) is 0 Å². The van der Waals surface area contributed by atoms with Crippen molar-refractivity contribution >= 4 is 11.8 Å². The zero-order chi connectivity index (χ0) is 12.7. The fourth-order valence-corrected chi connectivity index (χ4v) is 2.82. The molecule has 2 heterocycles. The van der Waals surface area contributed by atoms with Crippen LogP contribution in [0.2, 0.25) is 0 Å². The summed E-state index contributed by atoms with van der Waals surface area (Å²) >= 11 is 0. The van der Waals surface area contributed by atoms with Gasteiger partial charge in [-0.3, -0.25) is 4.68 Å². The lowest BCUT2D eigenvalue weighted by Crippen LogP contribution is -2.30. The minimum Gasteiger partial charge on any atom is -0.477 e. The monoisotopic (exact) mass is 237 g/mol. The summed E-state index contributed by atoms with van der Waals surface area (Å²) in [6.45, 7) is 6.98. The highest BCUT2D eigenvalue weighted by Gasteiger charge is 2.32. The van der Waals surface area contributed by atoms with Gasteiger partial charge in [-0.25, -0.2) is 4.79 Å². The summed E-state index contributed by atoms with van der Waals surface area (Å²) in [4.78, 5) is 13.5. The van der Waals surface area contributed by atoms with Gasteiger partial charge in [0.1, 0.15) is 11.4 Å². The van der Waals surface area contributed by atoms with Gasteiger partial charge in [0, 0.05) is 19.6 Å². The summed E-state index contributed by atoms with van der Waals surface area (Å²) in [6, 6.07) is 0.373. The van der Waals surface area contributed by atoms with Crippen LogP contribution in [0.1, 0.15) is 36.3 Å². The molecule has 1 aliphatic heterocycles. The first-order chi connectivity index (χ1) is 7.91. The van der Waals surface area contributed by atoms with Gasteiger partial charge < -0.3 is 10.0 Å². The molecule has 17 heavy (non-hydrogen) atoms. The van der Waals surface area contributed by atoms with Gasteiger partial charge in [-0.1, -0.05) is 6.92 Å². The van der Waals surface area contributed by atoms with E-state index in [4.69, 9.17) is 0 Å². The third kappa shape index (κ3) is 1.90. The zero-order valence-electron chi connectivity index (χ0n) is 10.8. The Morgan fingerprint density at radius 2 is 2.12 bits per heavy atom. The highest BCUT2D eigenvalue weighted by atomic mass is 16.4. The third-order valence-corrected chi connectivity index (χ3v) is 3.46. The van der Waals surface area contributed by atoms with Crippen LogP contribution >= 0.6 is 0 Å². The van der Waals surface area contributed by atoms with Crippen LogP contribution in [0.3, 0.4) is 0 Å². The maximum atomic E-state index is 11.3. The Bertz CT molecular complexity index is 453. The van der Waals surface area contributed by atoms with Gasteiger partial charge in [-0.15, -0.1) is 0 Å². The number of carboxylic acid groups (broad SMARTS) is 1. The highest BCUT2D eigenvalue weighted by molar-refractivity contribution is 5.95. The Balaban J connectivity index is 2.48. The van der Waals surface area contributed by atoms with E-state index in [0.29, 0.717) is 23.2 Å². The summed E-state index contributed by atoms with van der Waals surface area (Å²) in [5, 5.41) is 13.5. The van der Waals surface area contributed by atoms with Gasteiger partial charge in [-0.2, -0.15) is 5.10 Å². The number of hydrogen-bond acceptors (Lipinski definition) is 3. The zero-order valence-corrected chi connectivity index (χ0v) is 10.8. The number of hydrogen-bond donors (Lipinski definition) is 1. The molecule has 5 heteroatoms. The van der Waals surface area contributed by atoms with Crippen LogP contribution in [-0.2, 0) is 7.05 Å². The molecule has 1 N–H and O–H groups in total. The second-order valence-electron chi connectivity index (χ2n) is 5.06. The van der Waals surface area contributed by atoms with Crippen LogP contribution in [-0.4, -0.2) is 33.4 Å². The Hall–Kier alpha value is -1.52. The lowest BCUT2D eigenvalue weighted by Gasteiger charge is -2.24. The molecular formula is C12H19N3O2. The second-order valence-corrected chi connectivity index (χ2v) is 5.06. The first-order valence-corrected chi connectivity index (χ1v) is 5.95. The highest BCUT2D eigenvalue weighted by Crippen LogP contribution is 2.32. The number of aryl methyl sites for hydroxylation is 2. The van der Waals surface area contributed by atoms with Crippen molar-refractivity contribution < 1.29 is 9.90 Å². The number of carbonyl (C=O) groups is 1. The van der Waals surface area contributed by atoms with Crippen LogP contribution in [0.5, 0.6) is 0 Å². The Kier molecular flexibility index (Phi) is 2.85. The van der Waals surface area contributed by atoms with E-state index in [9.17, 15) is 9.90 Å². The largest absolute Gasteiger partial charge is 0.477 e. The maximum absolute atomic E-state index is 11.3. The third-order valence-electron chi connectivity index (χ3n) is 3.46. The number of aromatic nitrogens is 2. The van der Waals surface area contributed by atoms with Gasteiger partial charge in [0.2, 0.25) is 0 Å². The molecule has 1 aliphatic rings. The van der Waals surface area contributed by atoms with Crippen molar-refractivity contribution in [2.45, 2.75) is 33.2 Å². The molecule has 0 aliphatic carbocycles. The van der Waals surface area contributed by atoms with Crippen LogP contribution in [0.4, 0.5) is 5.82 Å². The average Bonchev–Trinajstić information content (AvgIpc) is 2.66. The molecule has 0 aromatic carbocycles. The van der Waals surface area contributed by atoms with Crippen molar-refractivity contribution in [1.29, 1.82) is 0 Å².